The molecule has 0 aromatic carbocycles. The van der Waals surface area contributed by atoms with Gasteiger partial charge < -0.3 is 39.4 Å². The van der Waals surface area contributed by atoms with E-state index in [4.69, 9.17) is 18.9 Å². The van der Waals surface area contributed by atoms with Crippen molar-refractivity contribution in [1.29, 1.82) is 0 Å². The summed E-state index contributed by atoms with van der Waals surface area (Å²) in [7, 11) is 0. The van der Waals surface area contributed by atoms with Crippen LogP contribution in [-0.2, 0) is 18.9 Å². The Hall–Kier alpha value is -1.00. The molecule has 0 radical (unpaired) electrons. The van der Waals surface area contributed by atoms with Crippen LogP contribution in [0.25, 0.3) is 0 Å². The molecule has 0 amide bonds. The van der Waals surface area contributed by atoms with Crippen LogP contribution in [0.4, 0.5) is 0 Å². The summed E-state index contributed by atoms with van der Waals surface area (Å²) in [6.45, 7) is 4.47. The molecule has 0 bridgehead atoms. The Morgan fingerprint density at radius 3 is 2.71 bits per heavy atom. The molecule has 4 N–H and O–H groups in total. The molecule has 0 aromatic rings. The Balaban J connectivity index is 1.72. The van der Waals surface area contributed by atoms with Gasteiger partial charge in [-0.25, -0.2) is 0 Å². The molecule has 136 valence electrons. The van der Waals surface area contributed by atoms with E-state index in [1.165, 1.54) is 0 Å². The molecule has 0 aromatic heterocycles. The molecule has 0 aliphatic carbocycles. The lowest BCUT2D eigenvalue weighted by Crippen LogP contribution is -2.60. The first kappa shape index (κ1) is 17.8. The van der Waals surface area contributed by atoms with Crippen LogP contribution in [0.3, 0.4) is 0 Å². The van der Waals surface area contributed by atoms with Crippen molar-refractivity contribution < 1.29 is 39.4 Å². The van der Waals surface area contributed by atoms with E-state index in [9.17, 15) is 20.4 Å². The van der Waals surface area contributed by atoms with Gasteiger partial charge in [-0.1, -0.05) is 6.08 Å². The van der Waals surface area contributed by atoms with Gasteiger partial charge in [-0.3, -0.25) is 0 Å². The maximum atomic E-state index is 10.1. The third-order valence-corrected chi connectivity index (χ3v) is 4.84. The maximum Gasteiger partial charge on any atom is 0.208 e. The van der Waals surface area contributed by atoms with Crippen LogP contribution in [-0.4, -0.2) is 77.2 Å². The summed E-state index contributed by atoms with van der Waals surface area (Å²) in [4.78, 5) is 0. The highest BCUT2D eigenvalue weighted by molar-refractivity contribution is 5.14. The fourth-order valence-electron chi connectivity index (χ4n) is 3.40. The number of ether oxygens (including phenoxy) is 4. The van der Waals surface area contributed by atoms with Crippen molar-refractivity contribution in [2.75, 3.05) is 19.8 Å². The van der Waals surface area contributed by atoms with Crippen molar-refractivity contribution >= 4 is 0 Å². The Morgan fingerprint density at radius 1 is 1.21 bits per heavy atom. The molecular weight excluding hydrogens is 320 g/mol. The van der Waals surface area contributed by atoms with Crippen molar-refractivity contribution in [3.63, 3.8) is 0 Å². The third kappa shape index (κ3) is 3.23. The smallest absolute Gasteiger partial charge is 0.208 e. The summed E-state index contributed by atoms with van der Waals surface area (Å²) >= 11 is 0. The van der Waals surface area contributed by atoms with Crippen LogP contribution in [0.15, 0.2) is 24.5 Å². The number of aliphatic hydroxyl groups excluding tert-OH is 4. The summed E-state index contributed by atoms with van der Waals surface area (Å²) in [6.07, 6.45) is -3.24. The summed E-state index contributed by atoms with van der Waals surface area (Å²) < 4.78 is 22.1. The van der Waals surface area contributed by atoms with Gasteiger partial charge in [0.2, 0.25) is 6.29 Å². The first-order valence-corrected chi connectivity index (χ1v) is 8.07. The molecule has 2 saturated heterocycles. The van der Waals surface area contributed by atoms with Gasteiger partial charge in [0.05, 0.1) is 19.5 Å². The zero-order chi connectivity index (χ0) is 17.3. The highest BCUT2D eigenvalue weighted by Crippen LogP contribution is 2.38. The minimum Gasteiger partial charge on any atom is -0.472 e. The number of hydrogen-bond donors (Lipinski definition) is 4. The molecule has 0 saturated carbocycles. The molecule has 8 nitrogen and oxygen atoms in total. The molecule has 3 rings (SSSR count). The van der Waals surface area contributed by atoms with E-state index in [1.54, 1.807) is 12.3 Å². The van der Waals surface area contributed by atoms with Gasteiger partial charge in [0, 0.05) is 12.5 Å². The Morgan fingerprint density at radius 2 is 2.00 bits per heavy atom. The largest absolute Gasteiger partial charge is 0.472 e. The predicted molar refractivity (Wildman–Crippen MR) is 80.4 cm³/mol. The van der Waals surface area contributed by atoms with E-state index in [0.717, 1.165) is 12.0 Å². The quantitative estimate of drug-likeness (QED) is 0.474. The van der Waals surface area contributed by atoms with Crippen LogP contribution in [0, 0.1) is 11.8 Å². The van der Waals surface area contributed by atoms with Crippen LogP contribution < -0.4 is 0 Å². The Bertz CT molecular complexity index is 479. The van der Waals surface area contributed by atoms with Gasteiger partial charge in [0.15, 0.2) is 6.29 Å². The number of aliphatic hydroxyl groups is 4. The van der Waals surface area contributed by atoms with Crippen LogP contribution >= 0.6 is 0 Å². The molecular formula is C16H24O8. The van der Waals surface area contributed by atoms with E-state index in [-0.39, 0.29) is 11.8 Å². The highest BCUT2D eigenvalue weighted by Gasteiger charge is 2.47. The second-order valence-corrected chi connectivity index (χ2v) is 6.29. The number of fused-ring (bicyclic) bond motifs is 1. The first-order chi connectivity index (χ1) is 11.6. The minimum atomic E-state index is -1.49. The maximum absolute atomic E-state index is 10.1. The van der Waals surface area contributed by atoms with Crippen LogP contribution in [0.2, 0.25) is 0 Å². The second kappa shape index (κ2) is 7.49. The molecule has 3 aliphatic rings. The van der Waals surface area contributed by atoms with E-state index < -0.39 is 43.6 Å². The Labute approximate surface area is 139 Å². The fraction of sp³-hybridized carbons (Fsp3) is 0.750. The lowest BCUT2D eigenvalue weighted by Gasteiger charge is -2.43. The normalized spacial score (nSPS) is 45.8. The van der Waals surface area contributed by atoms with E-state index >= 15 is 0 Å². The SMILES string of the molecule is C=CC1C(OC2OC(CO)C(O)C(O)C2O)OC=C2COCCC21. The Kier molecular flexibility index (Phi) is 5.56. The van der Waals surface area contributed by atoms with Gasteiger partial charge in [-0.2, -0.15) is 0 Å². The van der Waals surface area contributed by atoms with Gasteiger partial charge >= 0.3 is 0 Å². The molecule has 2 fully saturated rings. The molecule has 3 aliphatic heterocycles. The number of rotatable bonds is 4. The van der Waals surface area contributed by atoms with Crippen molar-refractivity contribution in [3.05, 3.63) is 24.5 Å². The number of hydrogen-bond acceptors (Lipinski definition) is 8. The van der Waals surface area contributed by atoms with Gasteiger partial charge in [0.25, 0.3) is 0 Å². The van der Waals surface area contributed by atoms with Crippen molar-refractivity contribution in [1.82, 2.24) is 0 Å². The van der Waals surface area contributed by atoms with E-state index in [2.05, 4.69) is 6.58 Å². The first-order valence-electron chi connectivity index (χ1n) is 8.07. The minimum absolute atomic E-state index is 0.165. The van der Waals surface area contributed by atoms with Gasteiger partial charge in [-0.15, -0.1) is 6.58 Å². The van der Waals surface area contributed by atoms with E-state index in [0.29, 0.717) is 13.2 Å². The monoisotopic (exact) mass is 344 g/mol. The molecule has 24 heavy (non-hydrogen) atoms. The summed E-state index contributed by atoms with van der Waals surface area (Å²) in [6, 6.07) is 0. The lowest BCUT2D eigenvalue weighted by molar-refractivity contribution is -0.339. The lowest BCUT2D eigenvalue weighted by atomic mass is 9.81. The summed E-state index contributed by atoms with van der Waals surface area (Å²) in [5.41, 5.74) is 1.03. The average Bonchev–Trinajstić information content (AvgIpc) is 2.61. The highest BCUT2D eigenvalue weighted by atomic mass is 16.8. The second-order valence-electron chi connectivity index (χ2n) is 6.29. The summed E-state index contributed by atoms with van der Waals surface area (Å²) in [5, 5.41) is 39.0. The van der Waals surface area contributed by atoms with Gasteiger partial charge in [-0.05, 0) is 17.9 Å². The van der Waals surface area contributed by atoms with Crippen molar-refractivity contribution in [2.24, 2.45) is 11.8 Å². The topological polar surface area (TPSA) is 118 Å². The average molecular weight is 344 g/mol. The zero-order valence-electron chi connectivity index (χ0n) is 13.2. The van der Waals surface area contributed by atoms with Crippen molar-refractivity contribution in [2.45, 2.75) is 43.4 Å². The van der Waals surface area contributed by atoms with E-state index in [1.807, 2.05) is 0 Å². The van der Waals surface area contributed by atoms with Crippen molar-refractivity contribution in [3.8, 4) is 0 Å². The van der Waals surface area contributed by atoms with Crippen LogP contribution in [0.5, 0.6) is 0 Å². The molecule has 0 spiro atoms. The molecule has 8 atom stereocenters. The van der Waals surface area contributed by atoms with Crippen LogP contribution in [0.1, 0.15) is 6.42 Å². The van der Waals surface area contributed by atoms with Gasteiger partial charge in [0.1, 0.15) is 24.4 Å². The molecule has 8 heteroatoms. The predicted octanol–water partition coefficient (Wildman–Crippen LogP) is -1.12. The summed E-state index contributed by atoms with van der Waals surface area (Å²) in [5.74, 6) is 0.00107. The molecule has 3 heterocycles. The standard InChI is InChI=1S/C16H24O8/c1-2-9-10-3-4-21-6-8(10)7-22-15(9)24-16-14(20)13(19)12(18)11(5-17)23-16/h2,7,9-20H,1,3-6H2. The molecule has 8 unspecified atom stereocenters. The zero-order valence-corrected chi connectivity index (χ0v) is 13.2. The third-order valence-electron chi connectivity index (χ3n) is 4.84. The fourth-order valence-corrected chi connectivity index (χ4v) is 3.40.